The molecular weight excluding hydrogens is 1370 g/mol. The van der Waals surface area contributed by atoms with Gasteiger partial charge in [-0.25, -0.2) is 29.9 Å². The third kappa shape index (κ3) is 10.2. The number of hydrogen-bond donors (Lipinski definition) is 0. The Hall–Kier alpha value is -14.9. The topological polar surface area (TPSA) is 82.3 Å². The Kier molecular flexibility index (Phi) is 15.3. The molecule has 0 amide bonds. The van der Waals surface area contributed by atoms with Crippen molar-refractivity contribution in [3.05, 3.63) is 451 Å². The number of nitrogens with zero attached hydrogens (tertiary/aromatic N) is 7. The molecule has 0 radical (unpaired) electrons. The summed E-state index contributed by atoms with van der Waals surface area (Å²) in [7, 11) is 0. The van der Waals surface area contributed by atoms with Crippen molar-refractivity contribution >= 4 is 43.4 Å². The number of benzene rings is 17. The molecule has 23 rings (SSSR count). The van der Waals surface area contributed by atoms with Crippen molar-refractivity contribution in [3.63, 3.8) is 0 Å². The monoisotopic (exact) mass is 1440 g/mol. The fourth-order valence-electron chi connectivity index (χ4n) is 18.7. The summed E-state index contributed by atoms with van der Waals surface area (Å²) < 4.78 is 2.35. The van der Waals surface area contributed by atoms with E-state index in [0.717, 1.165) is 50.2 Å². The largest absolute Gasteiger partial charge is 0.309 e. The minimum absolute atomic E-state index is 0.528. The van der Waals surface area contributed by atoms with Crippen molar-refractivity contribution in [2.45, 2.75) is 10.8 Å². The summed E-state index contributed by atoms with van der Waals surface area (Å²) in [6, 6.07) is 145. The van der Waals surface area contributed by atoms with Gasteiger partial charge in [0.05, 0.1) is 21.9 Å². The molecule has 0 aliphatic heterocycles. The molecule has 1 unspecified atom stereocenters. The standard InChI is InChI=1S/C58H38N4.C48H29N3/c1-4-16-41(17-5-1)55-59-56(42-30-28-39(29-31-42)40-32-35-46(36-33-40)62-53-26-14-11-23-49(53)50-24-12-15-27-54(50)62)61-57(60-55)43-34-37-48-47-22-10-13-25-51(47)58(52(48)38-43,44-18-6-2-7-19-44)45-20-8-3-9-21-45;1-3-16-30(17-4-1)45-49-46(31-18-5-2-6-19-31)51-47(50-45)38-26-15-29-41-42(38)36-24-11-13-27-39(36)48(41)40-28-14-12-25-37(40)43-34-22-9-7-20-32(34)33-21-8-10-23-35(33)44(43)48/h1-38H;1-29H. The number of rotatable bonds is 10. The van der Waals surface area contributed by atoms with Gasteiger partial charge in [0.2, 0.25) is 0 Å². The SMILES string of the molecule is c1ccc(-c2nc(-c3ccc(-c4ccc(-n5c6ccccc6c6ccccc65)cc4)cc3)nc(-c3ccc4c(c3)C(c3ccccc3)(c3ccccc3)c3ccccc3-4)n2)cc1.c1ccc(-c2nc(-c3ccccc3)nc(-c3cccc4c3-c3ccccc3C43c4ccccc4-c4c3c3ccccc3c3ccccc43)n2)cc1. The van der Waals surface area contributed by atoms with Crippen LogP contribution in [-0.4, -0.2) is 34.5 Å². The van der Waals surface area contributed by atoms with Crippen molar-refractivity contribution in [1.29, 1.82) is 0 Å². The van der Waals surface area contributed by atoms with Crippen LogP contribution in [0, 0.1) is 0 Å². The zero-order valence-corrected chi connectivity index (χ0v) is 61.3. The molecule has 17 aromatic carbocycles. The van der Waals surface area contributed by atoms with Crippen molar-refractivity contribution in [2.75, 3.05) is 0 Å². The third-order valence-corrected chi connectivity index (χ3v) is 23.5. The Morgan fingerprint density at radius 2 is 0.522 bits per heavy atom. The van der Waals surface area contributed by atoms with E-state index in [9.17, 15) is 0 Å². The Bertz CT molecular complexity index is 6990. The highest BCUT2D eigenvalue weighted by molar-refractivity contribution is 6.20. The van der Waals surface area contributed by atoms with Crippen LogP contribution in [0.15, 0.2) is 406 Å². The molecule has 526 valence electrons. The second-order valence-electron chi connectivity index (χ2n) is 29.4. The highest BCUT2D eigenvalue weighted by atomic mass is 15.0. The van der Waals surface area contributed by atoms with Crippen LogP contribution in [0.25, 0.3) is 162 Å². The summed E-state index contributed by atoms with van der Waals surface area (Å²) in [5.74, 6) is 3.88. The molecule has 3 heterocycles. The third-order valence-electron chi connectivity index (χ3n) is 23.5. The first-order chi connectivity index (χ1) is 56.1. The first-order valence-electron chi connectivity index (χ1n) is 38.6. The molecule has 3 aliphatic carbocycles. The number of aromatic nitrogens is 7. The zero-order chi connectivity index (χ0) is 74.6. The van der Waals surface area contributed by atoms with Crippen LogP contribution in [0.5, 0.6) is 0 Å². The molecular formula is C106H67N7. The van der Waals surface area contributed by atoms with Crippen LogP contribution in [0.3, 0.4) is 0 Å². The normalized spacial score (nSPS) is 13.8. The molecule has 7 nitrogen and oxygen atoms in total. The molecule has 0 N–H and O–H groups in total. The minimum atomic E-state index is -0.533. The molecule has 0 saturated carbocycles. The Morgan fingerprint density at radius 3 is 1.04 bits per heavy atom. The second kappa shape index (κ2) is 26.4. The van der Waals surface area contributed by atoms with Gasteiger partial charge in [-0.05, 0) is 141 Å². The maximum absolute atomic E-state index is 5.23. The average Bonchev–Trinajstić information content (AvgIpc) is 1.49. The first-order valence-corrected chi connectivity index (χ1v) is 38.6. The maximum Gasteiger partial charge on any atom is 0.164 e. The van der Waals surface area contributed by atoms with Crippen LogP contribution < -0.4 is 0 Å². The first kappa shape index (κ1) is 65.2. The van der Waals surface area contributed by atoms with Gasteiger partial charge in [-0.1, -0.05) is 376 Å². The van der Waals surface area contributed by atoms with Gasteiger partial charge in [0.15, 0.2) is 34.9 Å². The summed E-state index contributed by atoms with van der Waals surface area (Å²) in [6.45, 7) is 0. The van der Waals surface area contributed by atoms with Crippen LogP contribution in [-0.2, 0) is 10.8 Å². The van der Waals surface area contributed by atoms with E-state index in [0.29, 0.717) is 34.9 Å². The molecule has 1 spiro atoms. The number of hydrogen-bond acceptors (Lipinski definition) is 6. The summed E-state index contributed by atoms with van der Waals surface area (Å²) in [5, 5.41) is 7.65. The second-order valence-corrected chi connectivity index (χ2v) is 29.4. The molecule has 0 bridgehead atoms. The van der Waals surface area contributed by atoms with Gasteiger partial charge < -0.3 is 4.57 Å². The van der Waals surface area contributed by atoms with Gasteiger partial charge in [0.25, 0.3) is 0 Å². The quantitative estimate of drug-likeness (QED) is 0.127. The molecule has 3 aromatic heterocycles. The van der Waals surface area contributed by atoms with Crippen molar-refractivity contribution in [2.24, 2.45) is 0 Å². The van der Waals surface area contributed by atoms with E-state index in [1.807, 2.05) is 54.6 Å². The molecule has 20 aromatic rings. The van der Waals surface area contributed by atoms with Crippen molar-refractivity contribution in [1.82, 2.24) is 34.5 Å². The van der Waals surface area contributed by atoms with Crippen LogP contribution in [0.4, 0.5) is 0 Å². The van der Waals surface area contributed by atoms with Crippen molar-refractivity contribution < 1.29 is 0 Å². The molecule has 3 aliphatic rings. The minimum Gasteiger partial charge on any atom is -0.309 e. The summed E-state index contributed by atoms with van der Waals surface area (Å²) in [5.41, 5.74) is 28.1. The van der Waals surface area contributed by atoms with E-state index in [1.54, 1.807) is 0 Å². The van der Waals surface area contributed by atoms with Gasteiger partial charge >= 0.3 is 0 Å². The van der Waals surface area contributed by atoms with E-state index in [1.165, 1.54) is 121 Å². The molecule has 0 fully saturated rings. The lowest BCUT2D eigenvalue weighted by molar-refractivity contribution is 0.768. The average molecular weight is 1440 g/mol. The lowest BCUT2D eigenvalue weighted by atomic mass is 9.67. The predicted octanol–water partition coefficient (Wildman–Crippen LogP) is 25.5. The fourth-order valence-corrected chi connectivity index (χ4v) is 18.7. The highest BCUT2D eigenvalue weighted by Crippen LogP contribution is 2.67. The van der Waals surface area contributed by atoms with Gasteiger partial charge in [-0.2, -0.15) is 0 Å². The lowest BCUT2D eigenvalue weighted by Gasteiger charge is -2.34. The Balaban J connectivity index is 0.000000141. The lowest BCUT2D eigenvalue weighted by Crippen LogP contribution is -2.28. The highest BCUT2D eigenvalue weighted by Gasteiger charge is 2.54. The Morgan fingerprint density at radius 1 is 0.186 bits per heavy atom. The van der Waals surface area contributed by atoms with Gasteiger partial charge in [-0.3, -0.25) is 0 Å². The summed E-state index contributed by atoms with van der Waals surface area (Å²) in [4.78, 5) is 31.0. The van der Waals surface area contributed by atoms with Crippen LogP contribution >= 0.6 is 0 Å². The summed E-state index contributed by atoms with van der Waals surface area (Å²) in [6.07, 6.45) is 0. The van der Waals surface area contributed by atoms with E-state index in [-0.39, 0.29) is 0 Å². The van der Waals surface area contributed by atoms with Gasteiger partial charge in [0, 0.05) is 49.8 Å². The maximum atomic E-state index is 5.23. The smallest absolute Gasteiger partial charge is 0.164 e. The van der Waals surface area contributed by atoms with Gasteiger partial charge in [0.1, 0.15) is 0 Å². The van der Waals surface area contributed by atoms with Crippen LogP contribution in [0.2, 0.25) is 0 Å². The fraction of sp³-hybridized carbons (Fsp3) is 0.0189. The van der Waals surface area contributed by atoms with Crippen LogP contribution in [0.1, 0.15) is 44.5 Å². The summed E-state index contributed by atoms with van der Waals surface area (Å²) >= 11 is 0. The van der Waals surface area contributed by atoms with Gasteiger partial charge in [-0.15, -0.1) is 0 Å². The van der Waals surface area contributed by atoms with E-state index in [4.69, 9.17) is 29.9 Å². The van der Waals surface area contributed by atoms with Crippen molar-refractivity contribution in [3.8, 4) is 119 Å². The predicted molar refractivity (Wildman–Crippen MR) is 461 cm³/mol. The zero-order valence-electron chi connectivity index (χ0n) is 61.3. The van der Waals surface area contributed by atoms with E-state index >= 15 is 0 Å². The number of fused-ring (bicyclic) bond motifs is 21. The molecule has 0 saturated heterocycles. The Labute approximate surface area is 653 Å². The molecule has 113 heavy (non-hydrogen) atoms. The number of para-hydroxylation sites is 2. The molecule has 7 heteroatoms. The molecule has 1 atom stereocenters. The van der Waals surface area contributed by atoms with E-state index in [2.05, 4.69) is 356 Å². The van der Waals surface area contributed by atoms with E-state index < -0.39 is 10.8 Å².